The van der Waals surface area contributed by atoms with Crippen LogP contribution in [0.2, 0.25) is 0 Å². The molecule has 0 amide bonds. The number of nitrogens with one attached hydrogen (secondary N) is 1. The standard InChI is InChI=1S/C16H19F2NOS/c1-3-14(15-8-5-9-21-15)19-11(2)12-6-4-7-13(10-12)20-16(17)18/h4-11,14,16,19H,3H2,1-2H3. The molecule has 0 bridgehead atoms. The summed E-state index contributed by atoms with van der Waals surface area (Å²) in [6.07, 6.45) is 0.970. The van der Waals surface area contributed by atoms with Crippen LogP contribution in [0.4, 0.5) is 8.78 Å². The highest BCUT2D eigenvalue weighted by molar-refractivity contribution is 7.10. The van der Waals surface area contributed by atoms with E-state index in [2.05, 4.69) is 28.4 Å². The molecule has 1 aromatic carbocycles. The first-order chi connectivity index (χ1) is 10.1. The minimum atomic E-state index is -2.79. The van der Waals surface area contributed by atoms with Gasteiger partial charge in [0.1, 0.15) is 5.75 Å². The molecule has 0 saturated carbocycles. The number of benzene rings is 1. The molecule has 1 aromatic heterocycles. The van der Waals surface area contributed by atoms with Crippen LogP contribution in [-0.2, 0) is 0 Å². The second kappa shape index (κ2) is 7.52. The minimum Gasteiger partial charge on any atom is -0.435 e. The van der Waals surface area contributed by atoms with Gasteiger partial charge in [0.05, 0.1) is 0 Å². The molecule has 5 heteroatoms. The first-order valence-corrected chi connectivity index (χ1v) is 7.82. The zero-order chi connectivity index (χ0) is 15.2. The molecule has 114 valence electrons. The Morgan fingerprint density at radius 3 is 2.67 bits per heavy atom. The van der Waals surface area contributed by atoms with Gasteiger partial charge in [0.15, 0.2) is 0 Å². The Morgan fingerprint density at radius 1 is 1.24 bits per heavy atom. The van der Waals surface area contributed by atoms with E-state index < -0.39 is 6.61 Å². The van der Waals surface area contributed by atoms with Crippen LogP contribution in [-0.4, -0.2) is 6.61 Å². The molecule has 0 radical (unpaired) electrons. The summed E-state index contributed by atoms with van der Waals surface area (Å²) in [4.78, 5) is 1.28. The quantitative estimate of drug-likeness (QED) is 0.763. The zero-order valence-corrected chi connectivity index (χ0v) is 12.9. The lowest BCUT2D eigenvalue weighted by Crippen LogP contribution is -2.23. The van der Waals surface area contributed by atoms with Crippen molar-refractivity contribution in [2.45, 2.75) is 39.0 Å². The second-order valence-corrected chi connectivity index (χ2v) is 5.79. The first kappa shape index (κ1) is 15.9. The summed E-state index contributed by atoms with van der Waals surface area (Å²) in [5, 5.41) is 5.59. The van der Waals surface area contributed by atoms with Gasteiger partial charge in [0.2, 0.25) is 0 Å². The van der Waals surface area contributed by atoms with Crippen LogP contribution in [0.3, 0.4) is 0 Å². The summed E-state index contributed by atoms with van der Waals surface area (Å²) in [6, 6.07) is 11.3. The van der Waals surface area contributed by atoms with E-state index >= 15 is 0 Å². The van der Waals surface area contributed by atoms with Crippen LogP contribution in [0.1, 0.15) is 42.8 Å². The molecule has 2 atom stereocenters. The number of hydrogen-bond donors (Lipinski definition) is 1. The van der Waals surface area contributed by atoms with Gasteiger partial charge in [-0.15, -0.1) is 11.3 Å². The Bertz CT molecular complexity index is 545. The zero-order valence-electron chi connectivity index (χ0n) is 12.1. The summed E-state index contributed by atoms with van der Waals surface area (Å²) < 4.78 is 29.0. The maximum atomic E-state index is 12.3. The van der Waals surface area contributed by atoms with Crippen molar-refractivity contribution in [1.82, 2.24) is 5.32 Å². The van der Waals surface area contributed by atoms with Crippen molar-refractivity contribution >= 4 is 11.3 Å². The van der Waals surface area contributed by atoms with E-state index in [4.69, 9.17) is 0 Å². The van der Waals surface area contributed by atoms with Gasteiger partial charge < -0.3 is 10.1 Å². The fourth-order valence-corrected chi connectivity index (χ4v) is 3.12. The average molecular weight is 311 g/mol. The van der Waals surface area contributed by atoms with Crippen molar-refractivity contribution < 1.29 is 13.5 Å². The maximum Gasteiger partial charge on any atom is 0.387 e. The van der Waals surface area contributed by atoms with E-state index in [9.17, 15) is 8.78 Å². The van der Waals surface area contributed by atoms with Crippen LogP contribution in [0.5, 0.6) is 5.75 Å². The van der Waals surface area contributed by atoms with Crippen molar-refractivity contribution in [3.63, 3.8) is 0 Å². The molecule has 1 heterocycles. The topological polar surface area (TPSA) is 21.3 Å². The molecular formula is C16H19F2NOS. The van der Waals surface area contributed by atoms with Gasteiger partial charge in [-0.05, 0) is 42.5 Å². The molecule has 0 aliphatic rings. The van der Waals surface area contributed by atoms with Gasteiger partial charge in [0, 0.05) is 17.0 Å². The van der Waals surface area contributed by atoms with Gasteiger partial charge in [-0.25, -0.2) is 0 Å². The summed E-state index contributed by atoms with van der Waals surface area (Å²) in [5.41, 5.74) is 0.933. The number of hydrogen-bond acceptors (Lipinski definition) is 3. The summed E-state index contributed by atoms with van der Waals surface area (Å²) in [7, 11) is 0. The third-order valence-corrected chi connectivity index (χ3v) is 4.32. The highest BCUT2D eigenvalue weighted by atomic mass is 32.1. The van der Waals surface area contributed by atoms with Crippen LogP contribution in [0.15, 0.2) is 41.8 Å². The molecule has 2 unspecified atom stereocenters. The molecular weight excluding hydrogens is 292 g/mol. The molecule has 0 spiro atoms. The third-order valence-electron chi connectivity index (χ3n) is 3.33. The van der Waals surface area contributed by atoms with Crippen molar-refractivity contribution in [3.05, 3.63) is 52.2 Å². The van der Waals surface area contributed by atoms with E-state index in [1.807, 2.05) is 19.1 Å². The SMILES string of the molecule is CCC(NC(C)c1cccc(OC(F)F)c1)c1cccs1. The Labute approximate surface area is 127 Å². The number of halogens is 2. The second-order valence-electron chi connectivity index (χ2n) is 4.82. The van der Waals surface area contributed by atoms with Crippen molar-refractivity contribution in [2.24, 2.45) is 0 Å². The molecule has 2 nitrogen and oxygen atoms in total. The van der Waals surface area contributed by atoms with Crippen LogP contribution in [0, 0.1) is 0 Å². The highest BCUT2D eigenvalue weighted by Crippen LogP contribution is 2.27. The molecule has 0 fully saturated rings. The maximum absolute atomic E-state index is 12.3. The largest absolute Gasteiger partial charge is 0.435 e. The predicted molar refractivity (Wildman–Crippen MR) is 82.0 cm³/mol. The number of rotatable bonds is 7. The molecule has 0 saturated heterocycles. The molecule has 2 aromatic rings. The lowest BCUT2D eigenvalue weighted by molar-refractivity contribution is -0.0499. The molecule has 21 heavy (non-hydrogen) atoms. The summed E-state index contributed by atoms with van der Waals surface area (Å²) in [6.45, 7) is 1.36. The average Bonchev–Trinajstić information content (AvgIpc) is 2.98. The molecule has 2 rings (SSSR count). The van der Waals surface area contributed by atoms with E-state index in [0.717, 1.165) is 12.0 Å². The highest BCUT2D eigenvalue weighted by Gasteiger charge is 2.15. The fraction of sp³-hybridized carbons (Fsp3) is 0.375. The fourth-order valence-electron chi connectivity index (χ4n) is 2.25. The lowest BCUT2D eigenvalue weighted by Gasteiger charge is -2.22. The molecule has 1 N–H and O–H groups in total. The number of ether oxygens (including phenoxy) is 1. The van der Waals surface area contributed by atoms with Crippen molar-refractivity contribution in [3.8, 4) is 5.75 Å². The van der Waals surface area contributed by atoms with Gasteiger partial charge in [-0.1, -0.05) is 25.1 Å². The number of alkyl halides is 2. The van der Waals surface area contributed by atoms with E-state index in [-0.39, 0.29) is 17.8 Å². The van der Waals surface area contributed by atoms with E-state index in [1.165, 1.54) is 4.88 Å². The van der Waals surface area contributed by atoms with Crippen molar-refractivity contribution in [2.75, 3.05) is 0 Å². The third kappa shape index (κ3) is 4.51. The van der Waals surface area contributed by atoms with Crippen molar-refractivity contribution in [1.29, 1.82) is 0 Å². The van der Waals surface area contributed by atoms with Crippen LogP contribution >= 0.6 is 11.3 Å². The van der Waals surface area contributed by atoms with Crippen LogP contribution < -0.4 is 10.1 Å². The Kier molecular flexibility index (Phi) is 5.70. The monoisotopic (exact) mass is 311 g/mol. The number of thiophene rings is 1. The predicted octanol–water partition coefficient (Wildman–Crippen LogP) is 5.15. The normalized spacial score (nSPS) is 14.1. The Morgan fingerprint density at radius 2 is 2.05 bits per heavy atom. The smallest absolute Gasteiger partial charge is 0.387 e. The first-order valence-electron chi connectivity index (χ1n) is 6.94. The van der Waals surface area contributed by atoms with Crippen LogP contribution in [0.25, 0.3) is 0 Å². The van der Waals surface area contributed by atoms with E-state index in [1.54, 1.807) is 29.5 Å². The van der Waals surface area contributed by atoms with Gasteiger partial charge in [-0.2, -0.15) is 8.78 Å². The van der Waals surface area contributed by atoms with Gasteiger partial charge >= 0.3 is 6.61 Å². The Hall–Kier alpha value is -1.46. The summed E-state index contributed by atoms with van der Waals surface area (Å²) in [5.74, 6) is 0.195. The summed E-state index contributed by atoms with van der Waals surface area (Å²) >= 11 is 1.72. The lowest BCUT2D eigenvalue weighted by atomic mass is 10.1. The molecule has 0 aliphatic heterocycles. The minimum absolute atomic E-state index is 0.0540. The van der Waals surface area contributed by atoms with Gasteiger partial charge in [-0.3, -0.25) is 0 Å². The van der Waals surface area contributed by atoms with E-state index in [0.29, 0.717) is 0 Å². The molecule has 0 aliphatic carbocycles. The Balaban J connectivity index is 2.07. The van der Waals surface area contributed by atoms with Gasteiger partial charge in [0.25, 0.3) is 0 Å².